The topological polar surface area (TPSA) is 55.4 Å². The molecule has 102 heavy (non-hydrogen) atoms. The van der Waals surface area contributed by atoms with Crippen LogP contribution in [0.4, 0.5) is 0 Å². The van der Waals surface area contributed by atoms with E-state index in [4.69, 9.17) is 28.4 Å². The average Bonchev–Trinajstić information content (AvgIpc) is 0.703. The molecule has 0 spiro atoms. The first-order valence-corrected chi connectivity index (χ1v) is 34.8. The molecule has 6 heterocycles. The van der Waals surface area contributed by atoms with Gasteiger partial charge in [0.05, 0.1) is 0 Å². The van der Waals surface area contributed by atoms with E-state index in [1.165, 1.54) is 115 Å². The van der Waals surface area contributed by atoms with Gasteiger partial charge in [-0.2, -0.15) is 0 Å². The Morgan fingerprint density at radius 2 is 0.510 bits per heavy atom. The summed E-state index contributed by atoms with van der Waals surface area (Å²) in [6.07, 6.45) is 0. The quantitative estimate of drug-likeness (QED) is 0.141. The van der Waals surface area contributed by atoms with Gasteiger partial charge in [0.25, 0.3) is 0 Å². The predicted molar refractivity (Wildman–Crippen MR) is 417 cm³/mol. The van der Waals surface area contributed by atoms with E-state index in [0.717, 1.165) is 140 Å². The third-order valence-electron chi connectivity index (χ3n) is 22.0. The minimum atomic E-state index is 0.881. The Bertz CT molecular complexity index is 7100. The molecular formula is C96H54O6. The molecule has 6 aliphatic heterocycles. The van der Waals surface area contributed by atoms with Gasteiger partial charge in [0.2, 0.25) is 0 Å². The third kappa shape index (κ3) is 7.67. The highest BCUT2D eigenvalue weighted by Crippen LogP contribution is 2.64. The van der Waals surface area contributed by atoms with Crippen LogP contribution in [-0.4, -0.2) is 0 Å². The van der Waals surface area contributed by atoms with Crippen LogP contribution in [0, 0.1) is 13.8 Å². The van der Waals surface area contributed by atoms with Crippen molar-refractivity contribution < 1.29 is 28.4 Å². The van der Waals surface area contributed by atoms with Crippen molar-refractivity contribution in [2.45, 2.75) is 13.8 Å². The SMILES string of the molecule is Cc1cc(C)c2c(c1)Oc1ccc3c4c(c5ccccc5c-2c14)-c1ccc2ccccc2c1O3.c1ccc2c(c1)Oc1ccc3c4c(c5ccccc5c-2c14)-c1cc2cc4ccccc4cc2cc1O3.c1ccc2c(c1)Oc1ccc3c4c(c5ccccc5c-2c14)-c1ccc2ccccc2c1O3. The number of hydrogen-bond acceptors (Lipinski definition) is 6. The average molecular weight is 1300 g/mol. The summed E-state index contributed by atoms with van der Waals surface area (Å²) in [6.45, 7) is 4.31. The first kappa shape index (κ1) is 55.6. The molecule has 0 aliphatic carbocycles. The van der Waals surface area contributed by atoms with Crippen molar-refractivity contribution in [3.63, 3.8) is 0 Å². The van der Waals surface area contributed by atoms with Crippen LogP contribution < -0.4 is 28.4 Å². The largest absolute Gasteiger partial charge is 0.456 e. The Morgan fingerprint density at radius 1 is 0.176 bits per heavy atom. The summed E-state index contributed by atoms with van der Waals surface area (Å²) in [4.78, 5) is 0. The lowest BCUT2D eigenvalue weighted by molar-refractivity contribution is 0.476. The number of rotatable bonds is 0. The predicted octanol–water partition coefficient (Wildman–Crippen LogP) is 27.8. The Labute approximate surface area is 584 Å². The van der Waals surface area contributed by atoms with E-state index in [1.807, 2.05) is 24.3 Å². The lowest BCUT2D eigenvalue weighted by Crippen LogP contribution is -2.05. The lowest BCUT2D eigenvalue weighted by atomic mass is 9.81. The Kier molecular flexibility index (Phi) is 11.2. The summed E-state index contributed by atoms with van der Waals surface area (Å²) in [7, 11) is 0. The molecule has 0 unspecified atom stereocenters. The van der Waals surface area contributed by atoms with Crippen LogP contribution in [0.3, 0.4) is 0 Å². The number of para-hydroxylation sites is 2. The van der Waals surface area contributed by atoms with Crippen LogP contribution in [-0.2, 0) is 0 Å². The zero-order valence-corrected chi connectivity index (χ0v) is 55.2. The van der Waals surface area contributed by atoms with Crippen molar-refractivity contribution in [1.29, 1.82) is 0 Å². The molecule has 6 heteroatoms. The molecule has 474 valence electrons. The van der Waals surface area contributed by atoms with Gasteiger partial charge >= 0.3 is 0 Å². The van der Waals surface area contributed by atoms with Crippen LogP contribution in [0.2, 0.25) is 0 Å². The summed E-state index contributed by atoms with van der Waals surface area (Å²) >= 11 is 0. The second-order valence-corrected chi connectivity index (χ2v) is 27.6. The fraction of sp³-hybridized carbons (Fsp3) is 0.0208. The molecule has 0 fully saturated rings. The van der Waals surface area contributed by atoms with Crippen molar-refractivity contribution in [2.75, 3.05) is 0 Å². The zero-order valence-electron chi connectivity index (χ0n) is 55.2. The van der Waals surface area contributed by atoms with Gasteiger partial charge in [-0.3, -0.25) is 0 Å². The number of benzene rings is 19. The van der Waals surface area contributed by atoms with Crippen LogP contribution >= 0.6 is 0 Å². The van der Waals surface area contributed by atoms with Crippen molar-refractivity contribution in [3.05, 3.63) is 302 Å². The van der Waals surface area contributed by atoms with Crippen molar-refractivity contribution in [3.8, 4) is 136 Å². The summed E-state index contributed by atoms with van der Waals surface area (Å²) in [6, 6.07) is 103. The van der Waals surface area contributed by atoms with Crippen LogP contribution in [0.5, 0.6) is 69.0 Å². The highest BCUT2D eigenvalue weighted by Gasteiger charge is 2.36. The fourth-order valence-electron chi connectivity index (χ4n) is 17.8. The molecule has 19 aromatic rings. The Balaban J connectivity index is 0.0000000944. The molecular weight excluding hydrogens is 1250 g/mol. The van der Waals surface area contributed by atoms with E-state index < -0.39 is 0 Å². The third-order valence-corrected chi connectivity index (χ3v) is 22.0. The first-order chi connectivity index (χ1) is 50.4. The molecule has 19 aromatic carbocycles. The Hall–Kier alpha value is -13.4. The molecule has 6 aliphatic rings. The molecule has 0 atom stereocenters. The van der Waals surface area contributed by atoms with Gasteiger partial charge in [0.1, 0.15) is 69.0 Å². The minimum Gasteiger partial charge on any atom is -0.456 e. The van der Waals surface area contributed by atoms with Gasteiger partial charge in [-0.1, -0.05) is 200 Å². The first-order valence-electron chi connectivity index (χ1n) is 34.8. The van der Waals surface area contributed by atoms with Gasteiger partial charge in [-0.15, -0.1) is 0 Å². The van der Waals surface area contributed by atoms with Gasteiger partial charge in [-0.25, -0.2) is 0 Å². The van der Waals surface area contributed by atoms with E-state index in [2.05, 4.69) is 281 Å². The summed E-state index contributed by atoms with van der Waals surface area (Å²) in [5.74, 6) is 10.8. The molecule has 0 radical (unpaired) electrons. The van der Waals surface area contributed by atoms with Gasteiger partial charge in [0.15, 0.2) is 0 Å². The van der Waals surface area contributed by atoms with E-state index in [-0.39, 0.29) is 0 Å². The summed E-state index contributed by atoms with van der Waals surface area (Å²) < 4.78 is 39.3. The van der Waals surface area contributed by atoms with Crippen molar-refractivity contribution in [2.24, 2.45) is 0 Å². The molecule has 0 N–H and O–H groups in total. The van der Waals surface area contributed by atoms with Crippen molar-refractivity contribution >= 4 is 108 Å². The smallest absolute Gasteiger partial charge is 0.143 e. The van der Waals surface area contributed by atoms with E-state index in [9.17, 15) is 0 Å². The number of aryl methyl sites for hydroxylation is 2. The van der Waals surface area contributed by atoms with Gasteiger partial charge < -0.3 is 28.4 Å². The normalized spacial score (nSPS) is 12.9. The van der Waals surface area contributed by atoms with E-state index >= 15 is 0 Å². The van der Waals surface area contributed by atoms with Crippen LogP contribution in [0.15, 0.2) is 291 Å². The minimum absolute atomic E-state index is 0.881. The maximum atomic E-state index is 6.67. The molecule has 0 aromatic heterocycles. The molecule has 0 saturated heterocycles. The van der Waals surface area contributed by atoms with E-state index in [0.29, 0.717) is 0 Å². The second kappa shape index (κ2) is 20.6. The molecule has 25 rings (SSSR count). The number of hydrogen-bond donors (Lipinski definition) is 0. The van der Waals surface area contributed by atoms with Gasteiger partial charge in [-0.05, 0) is 181 Å². The molecule has 0 saturated carbocycles. The number of ether oxygens (including phenoxy) is 6. The summed E-state index contributed by atoms with van der Waals surface area (Å²) in [5.41, 5.74) is 16.7. The summed E-state index contributed by atoms with van der Waals surface area (Å²) in [5, 5.41) is 23.8. The second-order valence-electron chi connectivity index (χ2n) is 27.6. The molecule has 6 nitrogen and oxygen atoms in total. The van der Waals surface area contributed by atoms with E-state index in [1.54, 1.807) is 0 Å². The molecule has 0 amide bonds. The maximum absolute atomic E-state index is 6.67. The highest BCUT2D eigenvalue weighted by atomic mass is 16.5. The van der Waals surface area contributed by atoms with Crippen LogP contribution in [0.1, 0.15) is 11.1 Å². The zero-order chi connectivity index (χ0) is 66.7. The monoisotopic (exact) mass is 1300 g/mol. The van der Waals surface area contributed by atoms with Crippen molar-refractivity contribution in [1.82, 2.24) is 0 Å². The maximum Gasteiger partial charge on any atom is 0.143 e. The van der Waals surface area contributed by atoms with Crippen LogP contribution in [0.25, 0.3) is 174 Å². The number of fused-ring (bicyclic) bond motifs is 27. The van der Waals surface area contributed by atoms with Gasteiger partial charge in [0, 0.05) is 110 Å². The lowest BCUT2D eigenvalue weighted by Gasteiger charge is -2.30. The highest BCUT2D eigenvalue weighted by molar-refractivity contribution is 6.31. The Morgan fingerprint density at radius 3 is 0.971 bits per heavy atom. The standard InChI is InChI=1S/C34H18O2.C32H20O2.C30H16O2/c1-2-8-20-16-22-18-30-26(17-21(22)15-19(20)7-1)32-24-10-4-3-9-23(24)31-25-11-5-6-12-27(25)35-28-13-14-29(36-30)34(32)33(28)31;1-17-15-18(2)27-26(16-17)33-24-13-14-25-30-28(21-9-5-6-10-22(21)29(27)31(24)30)23-12-11-19-7-3-4-8-20(19)32(23)34-25;1-2-8-18-17(7-1)13-14-22-27-20-10-4-3-9-19(20)26-21-11-5-6-12-23(21)31-24-15-16-25(32-30(18)22)29(27)28(24)26/h1-18H;3-16H,1-2H3;1-16H. The molecule has 0 bridgehead atoms. The fourth-order valence-corrected chi connectivity index (χ4v) is 17.8.